The Bertz CT molecular complexity index is 240. The molecule has 0 aromatic carbocycles. The van der Waals surface area contributed by atoms with E-state index in [0.717, 1.165) is 6.54 Å². The van der Waals surface area contributed by atoms with Crippen LogP contribution in [0, 0.1) is 0 Å². The van der Waals surface area contributed by atoms with E-state index in [1.165, 1.54) is 0 Å². The Morgan fingerprint density at radius 2 is 1.93 bits per heavy atom. The summed E-state index contributed by atoms with van der Waals surface area (Å²) in [4.78, 5) is 13.5. The zero-order valence-electron chi connectivity index (χ0n) is 10.8. The van der Waals surface area contributed by atoms with Gasteiger partial charge in [0.05, 0.1) is 0 Å². The fraction of sp³-hybridized carbons (Fsp3) is 0.750. The van der Waals surface area contributed by atoms with Crippen LogP contribution in [-0.4, -0.2) is 29.2 Å². The molecule has 0 fully saturated rings. The molecule has 3 heteroatoms. The van der Waals surface area contributed by atoms with Crippen LogP contribution in [0.3, 0.4) is 0 Å². The summed E-state index contributed by atoms with van der Waals surface area (Å²) in [5.74, 6) is -0.329. The third-order valence-corrected chi connectivity index (χ3v) is 2.27. The Labute approximate surface area is 93.1 Å². The van der Waals surface area contributed by atoms with Crippen molar-refractivity contribution in [3.8, 4) is 0 Å². The number of carbonyl (C=O) groups excluding carboxylic acids is 1. The molecule has 0 saturated carbocycles. The fourth-order valence-corrected chi connectivity index (χ4v) is 1.60. The second-order valence-corrected chi connectivity index (χ2v) is 4.74. The van der Waals surface area contributed by atoms with Crippen LogP contribution in [0.1, 0.15) is 41.5 Å². The smallest absolute Gasteiger partial charge is 0.334 e. The van der Waals surface area contributed by atoms with E-state index in [2.05, 4.69) is 39.2 Å². The van der Waals surface area contributed by atoms with Crippen LogP contribution in [0.25, 0.3) is 0 Å². The lowest BCUT2D eigenvalue weighted by Crippen LogP contribution is -2.48. The summed E-state index contributed by atoms with van der Waals surface area (Å²) in [6.07, 6.45) is -0.223. The second kappa shape index (κ2) is 5.31. The third kappa shape index (κ3) is 4.47. The summed E-state index contributed by atoms with van der Waals surface area (Å²) in [6, 6.07) is 0. The highest BCUT2D eigenvalue weighted by Gasteiger charge is 2.26. The van der Waals surface area contributed by atoms with Crippen LogP contribution in [-0.2, 0) is 9.53 Å². The van der Waals surface area contributed by atoms with Crippen LogP contribution in [0.5, 0.6) is 0 Å². The molecule has 0 aliphatic carbocycles. The van der Waals surface area contributed by atoms with Gasteiger partial charge in [0.15, 0.2) is 6.23 Å². The summed E-state index contributed by atoms with van der Waals surface area (Å²) in [5.41, 5.74) is 0.426. The summed E-state index contributed by atoms with van der Waals surface area (Å²) in [5, 5.41) is 0. The van der Waals surface area contributed by atoms with E-state index >= 15 is 0 Å². The predicted octanol–water partition coefficient (Wildman–Crippen LogP) is 2.57. The van der Waals surface area contributed by atoms with E-state index in [1.54, 1.807) is 6.92 Å². The molecule has 0 bridgehead atoms. The third-order valence-electron chi connectivity index (χ3n) is 2.27. The van der Waals surface area contributed by atoms with Crippen LogP contribution < -0.4 is 0 Å². The molecule has 0 aromatic heterocycles. The van der Waals surface area contributed by atoms with E-state index < -0.39 is 0 Å². The highest BCUT2D eigenvalue weighted by Crippen LogP contribution is 2.17. The van der Waals surface area contributed by atoms with Crippen molar-refractivity contribution in [1.29, 1.82) is 0 Å². The molecule has 88 valence electrons. The van der Waals surface area contributed by atoms with Crippen molar-refractivity contribution in [3.63, 3.8) is 0 Å². The average Bonchev–Trinajstić information content (AvgIpc) is 2.01. The topological polar surface area (TPSA) is 29.5 Å². The molecule has 1 unspecified atom stereocenters. The molecule has 1 atom stereocenters. The number of hydrogen-bond acceptors (Lipinski definition) is 3. The number of esters is 1. The lowest BCUT2D eigenvalue weighted by Gasteiger charge is -2.38. The van der Waals surface area contributed by atoms with Crippen molar-refractivity contribution >= 4 is 5.97 Å². The molecule has 0 aliphatic heterocycles. The number of nitrogens with zero attached hydrogens (tertiary/aromatic N) is 1. The van der Waals surface area contributed by atoms with Gasteiger partial charge in [-0.05, 0) is 41.2 Å². The van der Waals surface area contributed by atoms with E-state index in [1.807, 2.05) is 6.92 Å². The molecule has 0 spiro atoms. The molecule has 0 heterocycles. The lowest BCUT2D eigenvalue weighted by molar-refractivity contribution is -0.157. The number of ether oxygens (including phenoxy) is 1. The van der Waals surface area contributed by atoms with E-state index in [0.29, 0.717) is 5.57 Å². The molecular weight excluding hydrogens is 190 g/mol. The Morgan fingerprint density at radius 1 is 1.47 bits per heavy atom. The molecular formula is C12H23NO2. The van der Waals surface area contributed by atoms with Crippen LogP contribution in [0.2, 0.25) is 0 Å². The summed E-state index contributed by atoms with van der Waals surface area (Å²) in [7, 11) is 0. The van der Waals surface area contributed by atoms with Gasteiger partial charge in [-0.25, -0.2) is 4.79 Å². The molecule has 0 N–H and O–H groups in total. The SMILES string of the molecule is C=C(C)C(=O)OC(C)N(CC)C(C)(C)C. The molecule has 0 saturated heterocycles. The highest BCUT2D eigenvalue weighted by atomic mass is 16.6. The standard InChI is InChI=1S/C12H23NO2/c1-8-13(12(5,6)7)10(4)15-11(14)9(2)3/h10H,2,8H2,1,3-7H3. The van der Waals surface area contributed by atoms with E-state index in [9.17, 15) is 4.79 Å². The normalized spacial score (nSPS) is 13.8. The molecule has 0 aromatic rings. The number of rotatable bonds is 4. The van der Waals surface area contributed by atoms with Gasteiger partial charge in [0.1, 0.15) is 0 Å². The van der Waals surface area contributed by atoms with Gasteiger partial charge in [0.25, 0.3) is 0 Å². The first-order chi connectivity index (χ1) is 6.70. The molecule has 0 amide bonds. The molecule has 3 nitrogen and oxygen atoms in total. The Hall–Kier alpha value is -0.830. The second-order valence-electron chi connectivity index (χ2n) is 4.74. The van der Waals surface area contributed by atoms with Gasteiger partial charge >= 0.3 is 5.97 Å². The predicted molar refractivity (Wildman–Crippen MR) is 62.5 cm³/mol. The summed E-state index contributed by atoms with van der Waals surface area (Å²) >= 11 is 0. The fourth-order valence-electron chi connectivity index (χ4n) is 1.60. The van der Waals surface area contributed by atoms with Crippen molar-refractivity contribution in [2.24, 2.45) is 0 Å². The van der Waals surface area contributed by atoms with Gasteiger partial charge in [-0.15, -0.1) is 0 Å². The molecule has 0 rings (SSSR count). The molecule has 0 radical (unpaired) electrons. The van der Waals surface area contributed by atoms with Crippen molar-refractivity contribution in [2.75, 3.05) is 6.54 Å². The summed E-state index contributed by atoms with van der Waals surface area (Å²) in [6.45, 7) is 16.3. The Kier molecular flexibility index (Phi) is 5.01. The van der Waals surface area contributed by atoms with Gasteiger partial charge in [0.2, 0.25) is 0 Å². The molecule has 15 heavy (non-hydrogen) atoms. The van der Waals surface area contributed by atoms with Crippen LogP contribution in [0.4, 0.5) is 0 Å². The minimum Gasteiger partial charge on any atom is -0.443 e. The monoisotopic (exact) mass is 213 g/mol. The number of carbonyl (C=O) groups is 1. The van der Waals surface area contributed by atoms with Gasteiger partial charge in [0, 0.05) is 11.1 Å². The van der Waals surface area contributed by atoms with Crippen molar-refractivity contribution in [1.82, 2.24) is 4.90 Å². The molecule has 0 aliphatic rings. The maximum absolute atomic E-state index is 11.4. The van der Waals surface area contributed by atoms with Gasteiger partial charge in [-0.2, -0.15) is 0 Å². The number of hydrogen-bond donors (Lipinski definition) is 0. The zero-order chi connectivity index (χ0) is 12.2. The minimum absolute atomic E-state index is 0.0104. The van der Waals surface area contributed by atoms with Gasteiger partial charge in [-0.3, -0.25) is 4.90 Å². The maximum atomic E-state index is 11.4. The quantitative estimate of drug-likeness (QED) is 0.408. The van der Waals surface area contributed by atoms with E-state index in [4.69, 9.17) is 4.74 Å². The average molecular weight is 213 g/mol. The van der Waals surface area contributed by atoms with Crippen LogP contribution in [0.15, 0.2) is 12.2 Å². The maximum Gasteiger partial charge on any atom is 0.334 e. The first kappa shape index (κ1) is 14.2. The first-order valence-electron chi connectivity index (χ1n) is 5.33. The Morgan fingerprint density at radius 3 is 2.20 bits per heavy atom. The summed E-state index contributed by atoms with van der Waals surface area (Å²) < 4.78 is 5.28. The van der Waals surface area contributed by atoms with E-state index in [-0.39, 0.29) is 17.7 Å². The highest BCUT2D eigenvalue weighted by molar-refractivity contribution is 5.87. The van der Waals surface area contributed by atoms with Gasteiger partial charge < -0.3 is 4.74 Å². The lowest BCUT2D eigenvalue weighted by atomic mass is 10.1. The first-order valence-corrected chi connectivity index (χ1v) is 5.33. The Balaban J connectivity index is 4.48. The van der Waals surface area contributed by atoms with Gasteiger partial charge in [-0.1, -0.05) is 13.5 Å². The van der Waals surface area contributed by atoms with Crippen molar-refractivity contribution in [3.05, 3.63) is 12.2 Å². The largest absolute Gasteiger partial charge is 0.443 e. The van der Waals surface area contributed by atoms with Crippen LogP contribution >= 0.6 is 0 Å². The van der Waals surface area contributed by atoms with Crippen molar-refractivity contribution in [2.45, 2.75) is 53.3 Å². The van der Waals surface area contributed by atoms with Crippen molar-refractivity contribution < 1.29 is 9.53 Å². The zero-order valence-corrected chi connectivity index (χ0v) is 10.8. The minimum atomic E-state index is -0.329.